The second kappa shape index (κ2) is 6.24. The van der Waals surface area contributed by atoms with Crippen molar-refractivity contribution in [3.8, 4) is 5.75 Å². The summed E-state index contributed by atoms with van der Waals surface area (Å²) in [6.45, 7) is 2.17. The maximum Gasteiger partial charge on any atom is 0.225 e. The standard InChI is InChI=1S/C17H23FN2O2/c1-10(22-14-5-3-2-4-13(14)18)9-20-17(21)15-11-6-7-12(8-11)16(15)19/h2-5,10-12,15-16H,6-9,19H2,1H3,(H,20,21). The summed E-state index contributed by atoms with van der Waals surface area (Å²) in [5.74, 6) is 0.704. The third-order valence-electron chi connectivity index (χ3n) is 5.01. The van der Waals surface area contributed by atoms with Gasteiger partial charge in [0, 0.05) is 6.04 Å². The van der Waals surface area contributed by atoms with Crippen LogP contribution in [0.25, 0.3) is 0 Å². The molecular weight excluding hydrogens is 283 g/mol. The Morgan fingerprint density at radius 2 is 2.14 bits per heavy atom. The Labute approximate surface area is 130 Å². The van der Waals surface area contributed by atoms with Crippen LogP contribution in [0.4, 0.5) is 4.39 Å². The Morgan fingerprint density at radius 1 is 1.41 bits per heavy atom. The number of ether oxygens (including phenoxy) is 1. The summed E-state index contributed by atoms with van der Waals surface area (Å²) in [7, 11) is 0. The topological polar surface area (TPSA) is 64.4 Å². The lowest BCUT2D eigenvalue weighted by molar-refractivity contribution is -0.127. The van der Waals surface area contributed by atoms with Crippen LogP contribution in [-0.4, -0.2) is 24.6 Å². The maximum atomic E-state index is 13.5. The van der Waals surface area contributed by atoms with Gasteiger partial charge in [0.25, 0.3) is 0 Å². The molecule has 2 aliphatic carbocycles. The Kier molecular flexibility index (Phi) is 4.34. The fourth-order valence-electron chi connectivity index (χ4n) is 3.89. The van der Waals surface area contributed by atoms with Crippen molar-refractivity contribution in [2.75, 3.05) is 6.54 Å². The van der Waals surface area contributed by atoms with Gasteiger partial charge in [0.1, 0.15) is 6.10 Å². The number of hydrogen-bond donors (Lipinski definition) is 2. The Bertz CT molecular complexity index is 549. The Balaban J connectivity index is 1.50. The molecule has 2 saturated carbocycles. The first-order valence-corrected chi connectivity index (χ1v) is 8.00. The number of rotatable bonds is 5. The van der Waals surface area contributed by atoms with Gasteiger partial charge in [-0.25, -0.2) is 4.39 Å². The van der Waals surface area contributed by atoms with Crippen LogP contribution in [0.3, 0.4) is 0 Å². The minimum Gasteiger partial charge on any atom is -0.486 e. The third kappa shape index (κ3) is 2.95. The molecule has 3 N–H and O–H groups in total. The molecule has 0 saturated heterocycles. The minimum absolute atomic E-state index is 0.0125. The van der Waals surface area contributed by atoms with Crippen molar-refractivity contribution in [2.45, 2.75) is 38.3 Å². The molecule has 0 spiro atoms. The van der Waals surface area contributed by atoms with E-state index in [0.29, 0.717) is 18.4 Å². The molecule has 5 heteroatoms. The summed E-state index contributed by atoms with van der Waals surface area (Å²) in [6.07, 6.45) is 3.05. The van der Waals surface area contributed by atoms with Crippen molar-refractivity contribution < 1.29 is 13.9 Å². The lowest BCUT2D eigenvalue weighted by atomic mass is 9.84. The summed E-state index contributed by atoms with van der Waals surface area (Å²) in [5.41, 5.74) is 6.17. The van der Waals surface area contributed by atoms with E-state index in [1.807, 2.05) is 6.92 Å². The number of carbonyl (C=O) groups is 1. The van der Waals surface area contributed by atoms with Gasteiger partial charge in [-0.3, -0.25) is 4.79 Å². The molecule has 120 valence electrons. The molecule has 1 aromatic rings. The fraction of sp³-hybridized carbons (Fsp3) is 0.588. The molecule has 0 radical (unpaired) electrons. The van der Waals surface area contributed by atoms with E-state index in [4.69, 9.17) is 10.5 Å². The molecule has 0 heterocycles. The van der Waals surface area contributed by atoms with Crippen LogP contribution in [0, 0.1) is 23.6 Å². The summed E-state index contributed by atoms with van der Waals surface area (Å²) in [5, 5.41) is 2.91. The zero-order chi connectivity index (χ0) is 15.7. The van der Waals surface area contributed by atoms with Crippen molar-refractivity contribution in [1.82, 2.24) is 5.32 Å². The average molecular weight is 306 g/mol. The number of para-hydroxylation sites is 1. The average Bonchev–Trinajstić information content (AvgIpc) is 3.08. The van der Waals surface area contributed by atoms with E-state index in [1.54, 1.807) is 18.2 Å². The predicted octanol–water partition coefficient (Wildman–Crippen LogP) is 2.08. The van der Waals surface area contributed by atoms with Gasteiger partial charge in [0.2, 0.25) is 5.91 Å². The predicted molar refractivity (Wildman–Crippen MR) is 81.8 cm³/mol. The largest absolute Gasteiger partial charge is 0.486 e. The van der Waals surface area contributed by atoms with Gasteiger partial charge in [-0.2, -0.15) is 0 Å². The maximum absolute atomic E-state index is 13.5. The van der Waals surface area contributed by atoms with Crippen LogP contribution >= 0.6 is 0 Å². The number of fused-ring (bicyclic) bond motifs is 2. The number of halogens is 1. The number of benzene rings is 1. The second-order valence-electron chi connectivity index (χ2n) is 6.54. The quantitative estimate of drug-likeness (QED) is 0.875. The van der Waals surface area contributed by atoms with Gasteiger partial charge in [-0.1, -0.05) is 12.1 Å². The minimum atomic E-state index is -0.393. The molecule has 4 nitrogen and oxygen atoms in total. The van der Waals surface area contributed by atoms with Crippen molar-refractivity contribution in [1.29, 1.82) is 0 Å². The van der Waals surface area contributed by atoms with E-state index in [2.05, 4.69) is 5.32 Å². The van der Waals surface area contributed by atoms with Crippen molar-refractivity contribution >= 4 is 5.91 Å². The molecule has 0 aliphatic heterocycles. The summed E-state index contributed by atoms with van der Waals surface area (Å²) in [6, 6.07) is 6.26. The smallest absolute Gasteiger partial charge is 0.225 e. The van der Waals surface area contributed by atoms with Crippen molar-refractivity contribution in [3.05, 3.63) is 30.1 Å². The highest BCUT2D eigenvalue weighted by atomic mass is 19.1. The van der Waals surface area contributed by atoms with Gasteiger partial charge in [0.15, 0.2) is 11.6 Å². The molecule has 5 unspecified atom stereocenters. The molecule has 22 heavy (non-hydrogen) atoms. The van der Waals surface area contributed by atoms with E-state index in [1.165, 1.54) is 6.07 Å². The normalized spacial score (nSPS) is 31.0. The summed E-state index contributed by atoms with van der Waals surface area (Å²) < 4.78 is 19.0. The van der Waals surface area contributed by atoms with Crippen molar-refractivity contribution in [2.24, 2.45) is 23.5 Å². The van der Waals surface area contributed by atoms with E-state index in [0.717, 1.165) is 19.3 Å². The summed E-state index contributed by atoms with van der Waals surface area (Å²) >= 11 is 0. The molecular formula is C17H23FN2O2. The van der Waals surface area contributed by atoms with Gasteiger partial charge in [-0.15, -0.1) is 0 Å². The number of nitrogens with one attached hydrogen (secondary N) is 1. The van der Waals surface area contributed by atoms with Crippen molar-refractivity contribution in [3.63, 3.8) is 0 Å². The van der Waals surface area contributed by atoms with E-state index in [9.17, 15) is 9.18 Å². The number of hydrogen-bond acceptors (Lipinski definition) is 3. The molecule has 2 fully saturated rings. The fourth-order valence-corrected chi connectivity index (χ4v) is 3.89. The highest BCUT2D eigenvalue weighted by molar-refractivity contribution is 5.80. The van der Waals surface area contributed by atoms with Crippen LogP contribution in [-0.2, 0) is 4.79 Å². The zero-order valence-electron chi connectivity index (χ0n) is 12.8. The van der Waals surface area contributed by atoms with Gasteiger partial charge in [0.05, 0.1) is 12.5 Å². The van der Waals surface area contributed by atoms with Crippen LogP contribution in [0.2, 0.25) is 0 Å². The van der Waals surface area contributed by atoms with Crippen LogP contribution < -0.4 is 15.8 Å². The van der Waals surface area contributed by atoms with Gasteiger partial charge in [-0.05, 0) is 50.2 Å². The Hall–Kier alpha value is -1.62. The molecule has 2 bridgehead atoms. The lowest BCUT2D eigenvalue weighted by Gasteiger charge is -2.27. The van der Waals surface area contributed by atoms with Crippen LogP contribution in [0.1, 0.15) is 26.2 Å². The highest BCUT2D eigenvalue weighted by Gasteiger charge is 2.48. The molecule has 5 atom stereocenters. The molecule has 1 amide bonds. The molecule has 3 rings (SSSR count). The van der Waals surface area contributed by atoms with E-state index in [-0.39, 0.29) is 29.7 Å². The first-order valence-electron chi connectivity index (χ1n) is 8.00. The van der Waals surface area contributed by atoms with Crippen LogP contribution in [0.15, 0.2) is 24.3 Å². The van der Waals surface area contributed by atoms with Gasteiger partial charge < -0.3 is 15.8 Å². The zero-order valence-corrected chi connectivity index (χ0v) is 12.8. The van der Waals surface area contributed by atoms with Crippen LogP contribution in [0.5, 0.6) is 5.75 Å². The SMILES string of the molecule is CC(CNC(=O)C1C2CCC(C2)C1N)Oc1ccccc1F. The molecule has 2 aliphatic rings. The van der Waals surface area contributed by atoms with E-state index >= 15 is 0 Å². The number of carbonyl (C=O) groups excluding carboxylic acids is 1. The monoisotopic (exact) mass is 306 g/mol. The van der Waals surface area contributed by atoms with E-state index < -0.39 is 5.82 Å². The first kappa shape index (κ1) is 15.3. The highest BCUT2D eigenvalue weighted by Crippen LogP contribution is 2.47. The summed E-state index contributed by atoms with van der Waals surface area (Å²) in [4.78, 5) is 12.3. The third-order valence-corrected chi connectivity index (χ3v) is 5.01. The second-order valence-corrected chi connectivity index (χ2v) is 6.54. The lowest BCUT2D eigenvalue weighted by Crippen LogP contribution is -2.47. The molecule has 1 aromatic carbocycles. The Morgan fingerprint density at radius 3 is 2.82 bits per heavy atom. The van der Waals surface area contributed by atoms with Gasteiger partial charge >= 0.3 is 0 Å². The molecule has 0 aromatic heterocycles. The number of amides is 1. The first-order chi connectivity index (χ1) is 10.6. The number of nitrogens with two attached hydrogens (primary N) is 1.